The second-order valence-corrected chi connectivity index (χ2v) is 4.55. The number of hydrogen-bond acceptors (Lipinski definition) is 4. The lowest BCUT2D eigenvalue weighted by Gasteiger charge is -1.97. The molecular weight excluding hydrogens is 246 g/mol. The van der Waals surface area contributed by atoms with Crippen molar-refractivity contribution < 1.29 is 0 Å². The summed E-state index contributed by atoms with van der Waals surface area (Å²) in [4.78, 5) is 12.7. The summed E-state index contributed by atoms with van der Waals surface area (Å²) < 4.78 is 2.38. The standard InChI is InChI=1S/C10H6ClN3OS/c11-5-8-12-13-10-14(8)9(15)6-3-1-2-4-7(6)16-10/h1-4H,5H2. The Balaban J connectivity index is 2.59. The van der Waals surface area contributed by atoms with E-state index in [0.29, 0.717) is 16.2 Å². The van der Waals surface area contributed by atoms with Crippen molar-refractivity contribution in [1.29, 1.82) is 0 Å². The summed E-state index contributed by atoms with van der Waals surface area (Å²) in [5.74, 6) is 0.672. The summed E-state index contributed by atoms with van der Waals surface area (Å²) in [6.07, 6.45) is 0. The van der Waals surface area contributed by atoms with Gasteiger partial charge in [-0.25, -0.2) is 4.40 Å². The summed E-state index contributed by atoms with van der Waals surface area (Å²) in [7, 11) is 0. The SMILES string of the molecule is O=c1c2ccccc2sc2nnc(CCl)n12. The monoisotopic (exact) mass is 251 g/mol. The third-order valence-corrected chi connectivity index (χ3v) is 3.60. The number of benzene rings is 1. The largest absolute Gasteiger partial charge is 0.268 e. The fourth-order valence-electron chi connectivity index (χ4n) is 1.61. The molecule has 0 fully saturated rings. The Labute approximate surface area is 99.1 Å². The molecule has 0 aliphatic carbocycles. The maximum Gasteiger partial charge on any atom is 0.267 e. The Bertz CT molecular complexity index is 734. The molecule has 4 nitrogen and oxygen atoms in total. The number of halogens is 1. The number of nitrogens with zero attached hydrogens (tertiary/aromatic N) is 3. The minimum absolute atomic E-state index is 0.106. The van der Waals surface area contributed by atoms with Gasteiger partial charge in [-0.1, -0.05) is 23.5 Å². The molecule has 80 valence electrons. The highest BCUT2D eigenvalue weighted by atomic mass is 35.5. The molecule has 0 amide bonds. The minimum atomic E-state index is -0.106. The molecule has 0 radical (unpaired) electrons. The number of alkyl halides is 1. The normalized spacial score (nSPS) is 11.3. The van der Waals surface area contributed by atoms with Gasteiger partial charge in [0.1, 0.15) is 0 Å². The quantitative estimate of drug-likeness (QED) is 0.622. The molecule has 0 spiro atoms. The molecule has 6 heteroatoms. The van der Waals surface area contributed by atoms with Crippen LogP contribution in [0.1, 0.15) is 5.82 Å². The van der Waals surface area contributed by atoms with E-state index in [1.54, 1.807) is 6.07 Å². The van der Waals surface area contributed by atoms with Gasteiger partial charge in [0.15, 0.2) is 5.82 Å². The highest BCUT2D eigenvalue weighted by Gasteiger charge is 2.10. The van der Waals surface area contributed by atoms with Crippen LogP contribution in [0.5, 0.6) is 0 Å². The van der Waals surface area contributed by atoms with Crippen LogP contribution in [0.25, 0.3) is 15.0 Å². The van der Waals surface area contributed by atoms with Gasteiger partial charge in [-0.15, -0.1) is 21.8 Å². The lowest BCUT2D eigenvalue weighted by Crippen LogP contribution is -2.13. The van der Waals surface area contributed by atoms with Crippen molar-refractivity contribution >= 4 is 38.0 Å². The van der Waals surface area contributed by atoms with Crippen LogP contribution >= 0.6 is 22.9 Å². The highest BCUT2D eigenvalue weighted by Crippen LogP contribution is 2.19. The second kappa shape index (κ2) is 3.54. The van der Waals surface area contributed by atoms with Gasteiger partial charge >= 0.3 is 0 Å². The van der Waals surface area contributed by atoms with E-state index in [9.17, 15) is 4.79 Å². The zero-order valence-electron chi connectivity index (χ0n) is 8.05. The Morgan fingerprint density at radius 1 is 1.31 bits per heavy atom. The predicted octanol–water partition coefficient (Wildman–Crippen LogP) is 2.04. The van der Waals surface area contributed by atoms with Gasteiger partial charge in [0, 0.05) is 4.70 Å². The van der Waals surface area contributed by atoms with Crippen LogP contribution in [-0.2, 0) is 5.88 Å². The molecule has 0 bridgehead atoms. The van der Waals surface area contributed by atoms with Gasteiger partial charge in [0.25, 0.3) is 5.56 Å². The molecule has 0 saturated heterocycles. The molecule has 16 heavy (non-hydrogen) atoms. The van der Waals surface area contributed by atoms with Crippen LogP contribution in [0, 0.1) is 0 Å². The van der Waals surface area contributed by atoms with Gasteiger partial charge in [0.05, 0.1) is 11.3 Å². The summed E-state index contributed by atoms with van der Waals surface area (Å²) in [5.41, 5.74) is -0.106. The first-order valence-corrected chi connectivity index (χ1v) is 5.98. The van der Waals surface area contributed by atoms with Crippen LogP contribution in [0.2, 0.25) is 0 Å². The molecule has 0 aliphatic heterocycles. The molecule has 3 aromatic rings. The third-order valence-electron chi connectivity index (χ3n) is 2.34. The second-order valence-electron chi connectivity index (χ2n) is 3.27. The van der Waals surface area contributed by atoms with Crippen LogP contribution in [0.15, 0.2) is 29.1 Å². The lowest BCUT2D eigenvalue weighted by molar-refractivity contribution is 0.971. The first-order valence-electron chi connectivity index (χ1n) is 4.63. The zero-order valence-corrected chi connectivity index (χ0v) is 9.63. The number of fused-ring (bicyclic) bond motifs is 2. The Kier molecular flexibility index (Phi) is 2.15. The minimum Gasteiger partial charge on any atom is -0.268 e. The van der Waals surface area contributed by atoms with Crippen molar-refractivity contribution in [3.63, 3.8) is 0 Å². The molecule has 0 aliphatic rings. The van der Waals surface area contributed by atoms with E-state index in [1.807, 2.05) is 18.2 Å². The van der Waals surface area contributed by atoms with E-state index in [0.717, 1.165) is 4.70 Å². The fraction of sp³-hybridized carbons (Fsp3) is 0.100. The van der Waals surface area contributed by atoms with Gasteiger partial charge in [-0.3, -0.25) is 4.79 Å². The molecule has 0 unspecified atom stereocenters. The third kappa shape index (κ3) is 1.25. The van der Waals surface area contributed by atoms with Crippen LogP contribution in [0.4, 0.5) is 0 Å². The first kappa shape index (κ1) is 9.74. The molecular formula is C10H6ClN3OS. The van der Waals surface area contributed by atoms with E-state index in [4.69, 9.17) is 11.6 Å². The Morgan fingerprint density at radius 2 is 2.12 bits per heavy atom. The van der Waals surface area contributed by atoms with Gasteiger partial charge < -0.3 is 0 Å². The Hall–Kier alpha value is -1.46. The van der Waals surface area contributed by atoms with Crippen molar-refractivity contribution in [1.82, 2.24) is 14.6 Å². The maximum atomic E-state index is 12.2. The average Bonchev–Trinajstić information content (AvgIpc) is 2.72. The molecule has 1 aromatic carbocycles. The number of rotatable bonds is 1. The van der Waals surface area contributed by atoms with E-state index < -0.39 is 0 Å². The van der Waals surface area contributed by atoms with Gasteiger partial charge in [-0.2, -0.15) is 0 Å². The van der Waals surface area contributed by atoms with Gasteiger partial charge in [-0.05, 0) is 12.1 Å². The molecule has 0 N–H and O–H groups in total. The average molecular weight is 252 g/mol. The first-order chi connectivity index (χ1) is 7.81. The van der Waals surface area contributed by atoms with Crippen molar-refractivity contribution in [3.8, 4) is 0 Å². The van der Waals surface area contributed by atoms with E-state index in [1.165, 1.54) is 15.7 Å². The molecule has 0 atom stereocenters. The van der Waals surface area contributed by atoms with Crippen molar-refractivity contribution in [2.75, 3.05) is 0 Å². The number of aromatic nitrogens is 3. The lowest BCUT2D eigenvalue weighted by atomic mass is 10.3. The van der Waals surface area contributed by atoms with Crippen molar-refractivity contribution in [2.24, 2.45) is 0 Å². The topological polar surface area (TPSA) is 47.3 Å². The molecule has 0 saturated carbocycles. The smallest absolute Gasteiger partial charge is 0.267 e. The summed E-state index contributed by atoms with van der Waals surface area (Å²) in [5, 5.41) is 8.51. The maximum absolute atomic E-state index is 12.2. The molecule has 2 aromatic heterocycles. The van der Waals surface area contributed by atoms with Crippen molar-refractivity contribution in [2.45, 2.75) is 5.88 Å². The highest BCUT2D eigenvalue weighted by molar-refractivity contribution is 7.23. The van der Waals surface area contributed by atoms with Crippen molar-refractivity contribution in [3.05, 3.63) is 40.4 Å². The Morgan fingerprint density at radius 3 is 2.94 bits per heavy atom. The summed E-state index contributed by atoms with van der Waals surface area (Å²) >= 11 is 7.15. The zero-order chi connectivity index (χ0) is 11.1. The van der Waals surface area contributed by atoms with Crippen LogP contribution in [0.3, 0.4) is 0 Å². The molecule has 3 rings (SSSR count). The van der Waals surface area contributed by atoms with E-state index in [-0.39, 0.29) is 11.4 Å². The van der Waals surface area contributed by atoms with Crippen LogP contribution < -0.4 is 5.56 Å². The fourth-order valence-corrected chi connectivity index (χ4v) is 2.75. The van der Waals surface area contributed by atoms with Crippen LogP contribution in [-0.4, -0.2) is 14.6 Å². The predicted molar refractivity (Wildman–Crippen MR) is 64.2 cm³/mol. The molecule has 2 heterocycles. The van der Waals surface area contributed by atoms with E-state index >= 15 is 0 Å². The van der Waals surface area contributed by atoms with E-state index in [2.05, 4.69) is 10.2 Å². The summed E-state index contributed by atoms with van der Waals surface area (Å²) in [6, 6.07) is 7.43. The van der Waals surface area contributed by atoms with Gasteiger partial charge in [0.2, 0.25) is 4.96 Å². The summed E-state index contributed by atoms with van der Waals surface area (Å²) in [6.45, 7) is 0. The number of hydrogen-bond donors (Lipinski definition) is 0.